The summed E-state index contributed by atoms with van der Waals surface area (Å²) in [6, 6.07) is 9.33. The zero-order valence-electron chi connectivity index (χ0n) is 10.0. The van der Waals surface area contributed by atoms with Gasteiger partial charge in [0, 0.05) is 11.2 Å². The first-order chi connectivity index (χ1) is 8.74. The van der Waals surface area contributed by atoms with Gasteiger partial charge in [-0.15, -0.1) is 0 Å². The lowest BCUT2D eigenvalue weighted by Gasteiger charge is -2.30. The fraction of sp³-hybridized carbons (Fsp3) is 0.214. The van der Waals surface area contributed by atoms with E-state index in [1.54, 1.807) is 25.3 Å². The fourth-order valence-corrected chi connectivity index (χ4v) is 2.16. The van der Waals surface area contributed by atoms with Gasteiger partial charge in [0.25, 0.3) is 0 Å². The van der Waals surface area contributed by atoms with E-state index in [1.165, 1.54) is 4.90 Å². The van der Waals surface area contributed by atoms with Gasteiger partial charge < -0.3 is 4.74 Å². The summed E-state index contributed by atoms with van der Waals surface area (Å²) < 4.78 is 5.03. The van der Waals surface area contributed by atoms with Crippen LogP contribution in [-0.4, -0.2) is 17.6 Å². The van der Waals surface area contributed by atoms with E-state index in [2.05, 4.69) is 0 Å². The van der Waals surface area contributed by atoms with Crippen LogP contribution in [0, 0.1) is 0 Å². The molecule has 1 unspecified atom stereocenters. The van der Waals surface area contributed by atoms with Crippen molar-refractivity contribution in [3.8, 4) is 0 Å². The first-order valence-electron chi connectivity index (χ1n) is 5.78. The van der Waals surface area contributed by atoms with Crippen LogP contribution in [0.1, 0.15) is 18.5 Å². The highest BCUT2D eigenvalue weighted by Crippen LogP contribution is 2.34. The maximum Gasteiger partial charge on any atom is 0.414 e. The third kappa shape index (κ3) is 2.57. The molecule has 0 aliphatic carbocycles. The Bertz CT molecular complexity index is 482. The number of hydrogen-bond donors (Lipinski definition) is 0. The summed E-state index contributed by atoms with van der Waals surface area (Å²) in [5.74, 6) is 0. The van der Waals surface area contributed by atoms with Gasteiger partial charge >= 0.3 is 6.09 Å². The normalized spacial score (nSPS) is 18.4. The molecule has 0 radical (unpaired) electrons. The number of ether oxygens (including phenoxy) is 1. The Morgan fingerprint density at radius 3 is 2.78 bits per heavy atom. The Morgan fingerprint density at radius 2 is 2.11 bits per heavy atom. The molecule has 1 aromatic rings. The first kappa shape index (κ1) is 12.7. The minimum Gasteiger partial charge on any atom is -0.449 e. The molecule has 3 nitrogen and oxygen atoms in total. The lowest BCUT2D eigenvalue weighted by molar-refractivity contribution is 0.114. The van der Waals surface area contributed by atoms with Crippen molar-refractivity contribution in [3.05, 3.63) is 59.3 Å². The summed E-state index contributed by atoms with van der Waals surface area (Å²) in [5.41, 5.74) is 0.955. The Labute approximate surface area is 111 Å². The van der Waals surface area contributed by atoms with E-state index >= 15 is 0 Å². The molecule has 1 heterocycles. The van der Waals surface area contributed by atoms with Crippen LogP contribution in [0.4, 0.5) is 4.79 Å². The molecule has 0 saturated heterocycles. The van der Waals surface area contributed by atoms with E-state index in [-0.39, 0.29) is 6.04 Å². The van der Waals surface area contributed by atoms with Gasteiger partial charge in [0.2, 0.25) is 0 Å². The molecule has 1 aliphatic rings. The quantitative estimate of drug-likeness (QED) is 0.811. The van der Waals surface area contributed by atoms with Gasteiger partial charge in [0.15, 0.2) is 0 Å². The van der Waals surface area contributed by atoms with Crippen molar-refractivity contribution in [2.45, 2.75) is 13.0 Å². The molecule has 4 heteroatoms. The summed E-state index contributed by atoms with van der Waals surface area (Å²) in [5, 5.41) is 0.594. The maximum absolute atomic E-state index is 11.9. The number of carbonyl (C=O) groups is 1. The predicted octanol–water partition coefficient (Wildman–Crippen LogP) is 3.84. The van der Waals surface area contributed by atoms with Crippen molar-refractivity contribution in [1.82, 2.24) is 4.90 Å². The zero-order chi connectivity index (χ0) is 13.0. The lowest BCUT2D eigenvalue weighted by Crippen LogP contribution is -2.32. The molecule has 0 aromatic heterocycles. The summed E-state index contributed by atoms with van der Waals surface area (Å²) in [6.07, 6.45) is 4.81. The van der Waals surface area contributed by atoms with Crippen molar-refractivity contribution < 1.29 is 9.53 Å². The second-order valence-electron chi connectivity index (χ2n) is 3.81. The average Bonchev–Trinajstić information content (AvgIpc) is 2.39. The molecular formula is C14H14ClNO2. The van der Waals surface area contributed by atoms with Crippen molar-refractivity contribution >= 4 is 17.7 Å². The summed E-state index contributed by atoms with van der Waals surface area (Å²) in [6.45, 7) is 2.12. The van der Waals surface area contributed by atoms with Gasteiger partial charge in [0.05, 0.1) is 6.61 Å². The Balaban J connectivity index is 2.31. The minimum absolute atomic E-state index is 0.308. The highest BCUT2D eigenvalue weighted by atomic mass is 35.5. The standard InChI is InChI=1S/C14H14ClNO2/c1-2-18-14(17)16-10-6-9-12(15)13(16)11-7-4-3-5-8-11/h3-10,13H,2H2,1H3. The second kappa shape index (κ2) is 5.74. The SMILES string of the molecule is CCOC(=O)N1C=CC=C(Cl)C1c1ccccc1. The lowest BCUT2D eigenvalue weighted by atomic mass is 10.0. The van der Waals surface area contributed by atoms with Crippen LogP contribution in [0.2, 0.25) is 0 Å². The molecule has 2 rings (SSSR count). The molecule has 0 N–H and O–H groups in total. The van der Waals surface area contributed by atoms with E-state index in [4.69, 9.17) is 16.3 Å². The third-order valence-electron chi connectivity index (χ3n) is 2.64. The van der Waals surface area contributed by atoms with Crippen LogP contribution in [0.5, 0.6) is 0 Å². The van der Waals surface area contributed by atoms with E-state index in [0.717, 1.165) is 5.56 Å². The molecule has 0 fully saturated rings. The number of allylic oxidation sites excluding steroid dienone is 2. The van der Waals surface area contributed by atoms with Gasteiger partial charge in [-0.25, -0.2) is 4.79 Å². The Morgan fingerprint density at radius 1 is 1.39 bits per heavy atom. The van der Waals surface area contributed by atoms with Crippen molar-refractivity contribution in [1.29, 1.82) is 0 Å². The molecule has 0 bridgehead atoms. The van der Waals surface area contributed by atoms with E-state index in [1.807, 2.05) is 30.3 Å². The van der Waals surface area contributed by atoms with Gasteiger partial charge in [-0.05, 0) is 24.6 Å². The molecule has 94 valence electrons. The van der Waals surface area contributed by atoms with Crippen LogP contribution in [0.15, 0.2) is 53.7 Å². The van der Waals surface area contributed by atoms with Gasteiger partial charge in [-0.1, -0.05) is 41.9 Å². The topological polar surface area (TPSA) is 29.5 Å². The smallest absolute Gasteiger partial charge is 0.414 e. The molecule has 1 amide bonds. The Kier molecular flexibility index (Phi) is 4.05. The number of nitrogens with zero attached hydrogens (tertiary/aromatic N) is 1. The number of amides is 1. The van der Waals surface area contributed by atoms with E-state index in [9.17, 15) is 4.79 Å². The van der Waals surface area contributed by atoms with E-state index < -0.39 is 6.09 Å². The second-order valence-corrected chi connectivity index (χ2v) is 4.25. The summed E-state index contributed by atoms with van der Waals surface area (Å²) >= 11 is 6.22. The molecular weight excluding hydrogens is 250 g/mol. The molecule has 0 saturated carbocycles. The van der Waals surface area contributed by atoms with Crippen LogP contribution in [0.3, 0.4) is 0 Å². The van der Waals surface area contributed by atoms with Crippen molar-refractivity contribution in [3.63, 3.8) is 0 Å². The fourth-order valence-electron chi connectivity index (χ4n) is 1.86. The van der Waals surface area contributed by atoms with E-state index in [0.29, 0.717) is 11.6 Å². The van der Waals surface area contributed by atoms with Crippen molar-refractivity contribution in [2.75, 3.05) is 6.61 Å². The van der Waals surface area contributed by atoms with Crippen molar-refractivity contribution in [2.24, 2.45) is 0 Å². The highest BCUT2D eigenvalue weighted by Gasteiger charge is 2.28. The molecule has 0 spiro atoms. The molecule has 1 atom stereocenters. The van der Waals surface area contributed by atoms with Gasteiger partial charge in [0.1, 0.15) is 6.04 Å². The monoisotopic (exact) mass is 263 g/mol. The van der Waals surface area contributed by atoms with Crippen LogP contribution in [-0.2, 0) is 4.74 Å². The molecule has 18 heavy (non-hydrogen) atoms. The predicted molar refractivity (Wildman–Crippen MR) is 71.1 cm³/mol. The third-order valence-corrected chi connectivity index (χ3v) is 2.97. The zero-order valence-corrected chi connectivity index (χ0v) is 10.8. The number of benzene rings is 1. The number of rotatable bonds is 2. The summed E-state index contributed by atoms with van der Waals surface area (Å²) in [7, 11) is 0. The minimum atomic E-state index is -0.395. The van der Waals surface area contributed by atoms with Gasteiger partial charge in [-0.2, -0.15) is 0 Å². The number of halogens is 1. The average molecular weight is 264 g/mol. The number of carbonyl (C=O) groups excluding carboxylic acids is 1. The maximum atomic E-state index is 11.9. The van der Waals surface area contributed by atoms with Crippen LogP contribution < -0.4 is 0 Å². The van der Waals surface area contributed by atoms with Crippen LogP contribution >= 0.6 is 11.6 Å². The molecule has 1 aromatic carbocycles. The van der Waals surface area contributed by atoms with Crippen LogP contribution in [0.25, 0.3) is 0 Å². The molecule has 1 aliphatic heterocycles. The van der Waals surface area contributed by atoms with Gasteiger partial charge in [-0.3, -0.25) is 4.90 Å². The Hall–Kier alpha value is -1.74. The highest BCUT2D eigenvalue weighted by molar-refractivity contribution is 6.30. The first-order valence-corrected chi connectivity index (χ1v) is 6.15. The summed E-state index contributed by atoms with van der Waals surface area (Å²) in [4.78, 5) is 13.4. The number of hydrogen-bond acceptors (Lipinski definition) is 2. The largest absolute Gasteiger partial charge is 0.449 e.